The number of esters is 2. The SMILES string of the molecule is CCCC/C=C\CCCCCCCC(=O)OCC(COP(=O)(O)OCCN)OC(=O)CCCCCCC/C=C\CCCCCCC. The Labute approximate surface area is 281 Å². The van der Waals surface area contributed by atoms with Crippen LogP contribution in [0.4, 0.5) is 0 Å². The summed E-state index contributed by atoms with van der Waals surface area (Å²) in [7, 11) is -4.37. The van der Waals surface area contributed by atoms with Gasteiger partial charge in [-0.1, -0.05) is 115 Å². The van der Waals surface area contributed by atoms with E-state index in [-0.39, 0.29) is 32.6 Å². The molecule has 0 spiro atoms. The molecule has 0 radical (unpaired) electrons. The quantitative estimate of drug-likeness (QED) is 0.0296. The Balaban J connectivity index is 4.27. The minimum absolute atomic E-state index is 0.0515. The number of nitrogens with two attached hydrogens (primary N) is 1. The third-order valence-corrected chi connectivity index (χ3v) is 8.54. The minimum atomic E-state index is -4.37. The lowest BCUT2D eigenvalue weighted by atomic mass is 10.1. The van der Waals surface area contributed by atoms with Crippen molar-refractivity contribution in [3.8, 4) is 0 Å². The molecule has 0 aromatic carbocycles. The first-order valence-electron chi connectivity index (χ1n) is 18.3. The van der Waals surface area contributed by atoms with Crippen molar-refractivity contribution >= 4 is 19.8 Å². The molecule has 0 aromatic heterocycles. The molecule has 0 aliphatic heterocycles. The third-order valence-electron chi connectivity index (χ3n) is 7.56. The lowest BCUT2D eigenvalue weighted by Gasteiger charge is -2.19. The molecule has 2 unspecified atom stereocenters. The van der Waals surface area contributed by atoms with Gasteiger partial charge in [0.25, 0.3) is 0 Å². The van der Waals surface area contributed by atoms with Gasteiger partial charge in [-0.15, -0.1) is 0 Å². The van der Waals surface area contributed by atoms with Gasteiger partial charge in [-0.05, 0) is 57.8 Å². The summed E-state index contributed by atoms with van der Waals surface area (Å²) in [6.07, 6.45) is 32.1. The minimum Gasteiger partial charge on any atom is -0.462 e. The number of carbonyl (C=O) groups is 2. The van der Waals surface area contributed by atoms with Crippen LogP contribution in [0.5, 0.6) is 0 Å². The van der Waals surface area contributed by atoms with Gasteiger partial charge in [-0.25, -0.2) is 4.57 Å². The molecule has 0 bridgehead atoms. The first-order chi connectivity index (χ1) is 22.3. The Kier molecular flexibility index (Phi) is 32.3. The van der Waals surface area contributed by atoms with Gasteiger partial charge in [0.1, 0.15) is 6.61 Å². The zero-order valence-corrected chi connectivity index (χ0v) is 30.2. The molecule has 0 heterocycles. The number of carbonyl (C=O) groups excluding carboxylic acids is 2. The van der Waals surface area contributed by atoms with E-state index in [2.05, 4.69) is 38.2 Å². The molecule has 10 heteroatoms. The molecule has 46 heavy (non-hydrogen) atoms. The van der Waals surface area contributed by atoms with Crippen LogP contribution in [-0.4, -0.2) is 49.3 Å². The topological polar surface area (TPSA) is 134 Å². The van der Waals surface area contributed by atoms with Crippen molar-refractivity contribution in [2.24, 2.45) is 5.73 Å². The fraction of sp³-hybridized carbons (Fsp3) is 0.833. The van der Waals surface area contributed by atoms with Crippen molar-refractivity contribution in [1.82, 2.24) is 0 Å². The number of allylic oxidation sites excluding steroid dienone is 4. The predicted molar refractivity (Wildman–Crippen MR) is 187 cm³/mol. The zero-order valence-electron chi connectivity index (χ0n) is 29.3. The van der Waals surface area contributed by atoms with Gasteiger partial charge in [0.05, 0.1) is 13.2 Å². The molecule has 2 atom stereocenters. The lowest BCUT2D eigenvalue weighted by Crippen LogP contribution is -2.29. The Hall–Kier alpha value is -1.51. The highest BCUT2D eigenvalue weighted by atomic mass is 31.2. The lowest BCUT2D eigenvalue weighted by molar-refractivity contribution is -0.161. The number of unbranched alkanes of at least 4 members (excludes halogenated alkanes) is 17. The Morgan fingerprint density at radius 1 is 0.630 bits per heavy atom. The van der Waals surface area contributed by atoms with Crippen molar-refractivity contribution in [1.29, 1.82) is 0 Å². The standard InChI is InChI=1S/C36H68NO8P/c1-3-5-7-9-11-13-15-16-17-19-21-23-25-27-29-36(39)45-34(33-44-46(40,41)43-31-30-37)32-42-35(38)28-26-24-22-20-18-14-12-10-8-6-4-2/h10,12,15-16,34H,3-9,11,13-14,17-33,37H2,1-2H3,(H,40,41)/b12-10-,16-15-. The van der Waals surface area contributed by atoms with E-state index in [0.29, 0.717) is 6.42 Å². The van der Waals surface area contributed by atoms with Crippen LogP contribution in [0.2, 0.25) is 0 Å². The fourth-order valence-corrected chi connectivity index (χ4v) is 5.55. The average Bonchev–Trinajstić information content (AvgIpc) is 3.04. The number of hydrogen-bond acceptors (Lipinski definition) is 8. The van der Waals surface area contributed by atoms with Crippen LogP contribution in [-0.2, 0) is 32.7 Å². The highest BCUT2D eigenvalue weighted by Crippen LogP contribution is 2.43. The highest BCUT2D eigenvalue weighted by molar-refractivity contribution is 7.47. The Bertz CT molecular complexity index is 820. The van der Waals surface area contributed by atoms with Crippen molar-refractivity contribution in [3.05, 3.63) is 24.3 Å². The summed E-state index contributed by atoms with van der Waals surface area (Å²) < 4.78 is 32.6. The van der Waals surface area contributed by atoms with E-state index in [1.807, 2.05) is 0 Å². The van der Waals surface area contributed by atoms with E-state index >= 15 is 0 Å². The van der Waals surface area contributed by atoms with Gasteiger partial charge in [0, 0.05) is 19.4 Å². The summed E-state index contributed by atoms with van der Waals surface area (Å²) in [5.41, 5.74) is 5.32. The molecular weight excluding hydrogens is 605 g/mol. The van der Waals surface area contributed by atoms with E-state index in [9.17, 15) is 19.0 Å². The van der Waals surface area contributed by atoms with E-state index in [0.717, 1.165) is 77.0 Å². The summed E-state index contributed by atoms with van der Waals surface area (Å²) in [5, 5.41) is 0. The Morgan fingerprint density at radius 3 is 1.61 bits per heavy atom. The summed E-state index contributed by atoms with van der Waals surface area (Å²) in [4.78, 5) is 34.6. The maximum atomic E-state index is 12.5. The second-order valence-corrected chi connectivity index (χ2v) is 13.5. The first kappa shape index (κ1) is 44.5. The highest BCUT2D eigenvalue weighted by Gasteiger charge is 2.25. The maximum absolute atomic E-state index is 12.5. The van der Waals surface area contributed by atoms with Gasteiger partial charge in [-0.3, -0.25) is 18.6 Å². The van der Waals surface area contributed by atoms with Crippen LogP contribution >= 0.6 is 7.82 Å². The smallest absolute Gasteiger partial charge is 0.462 e. The van der Waals surface area contributed by atoms with Crippen LogP contribution in [0.1, 0.15) is 162 Å². The molecule has 0 saturated heterocycles. The monoisotopic (exact) mass is 673 g/mol. The zero-order chi connectivity index (χ0) is 34.0. The number of phosphoric ester groups is 1. The van der Waals surface area contributed by atoms with Gasteiger partial charge >= 0.3 is 19.8 Å². The van der Waals surface area contributed by atoms with E-state index < -0.39 is 32.5 Å². The molecular formula is C36H68NO8P. The first-order valence-corrected chi connectivity index (χ1v) is 19.8. The summed E-state index contributed by atoms with van der Waals surface area (Å²) in [6, 6.07) is 0. The molecule has 3 N–H and O–H groups in total. The second-order valence-electron chi connectivity index (χ2n) is 12.1. The van der Waals surface area contributed by atoms with Crippen LogP contribution < -0.4 is 5.73 Å². The number of ether oxygens (including phenoxy) is 2. The van der Waals surface area contributed by atoms with Gasteiger partial charge in [-0.2, -0.15) is 0 Å². The van der Waals surface area contributed by atoms with Crippen molar-refractivity contribution in [3.63, 3.8) is 0 Å². The van der Waals surface area contributed by atoms with Crippen LogP contribution in [0.25, 0.3) is 0 Å². The van der Waals surface area contributed by atoms with Gasteiger partial charge in [0.2, 0.25) is 0 Å². The van der Waals surface area contributed by atoms with E-state index in [4.69, 9.17) is 24.3 Å². The molecule has 0 saturated carbocycles. The van der Waals surface area contributed by atoms with Crippen LogP contribution in [0.15, 0.2) is 24.3 Å². The van der Waals surface area contributed by atoms with Crippen molar-refractivity contribution < 1.29 is 37.6 Å². The summed E-state index contributed by atoms with van der Waals surface area (Å²) >= 11 is 0. The molecule has 0 aliphatic carbocycles. The molecule has 0 fully saturated rings. The van der Waals surface area contributed by atoms with Gasteiger partial charge in [0.15, 0.2) is 6.10 Å². The largest absolute Gasteiger partial charge is 0.472 e. The van der Waals surface area contributed by atoms with E-state index in [1.54, 1.807) is 0 Å². The normalized spacial score (nSPS) is 13.7. The van der Waals surface area contributed by atoms with Crippen molar-refractivity contribution in [2.45, 2.75) is 168 Å². The molecule has 0 amide bonds. The van der Waals surface area contributed by atoms with Crippen molar-refractivity contribution in [2.75, 3.05) is 26.4 Å². The number of phosphoric acid groups is 1. The van der Waals surface area contributed by atoms with Crippen LogP contribution in [0.3, 0.4) is 0 Å². The molecule has 0 aliphatic rings. The molecule has 9 nitrogen and oxygen atoms in total. The summed E-state index contributed by atoms with van der Waals surface area (Å²) in [6.45, 7) is 3.64. The molecule has 270 valence electrons. The molecule has 0 rings (SSSR count). The van der Waals surface area contributed by atoms with E-state index in [1.165, 1.54) is 51.4 Å². The third kappa shape index (κ3) is 32.4. The predicted octanol–water partition coefficient (Wildman–Crippen LogP) is 9.66. The number of rotatable bonds is 34. The summed E-state index contributed by atoms with van der Waals surface area (Å²) in [5.74, 6) is -0.851. The van der Waals surface area contributed by atoms with Crippen LogP contribution in [0, 0.1) is 0 Å². The Morgan fingerprint density at radius 2 is 1.09 bits per heavy atom. The second kappa shape index (κ2) is 33.4. The number of hydrogen-bond donors (Lipinski definition) is 2. The van der Waals surface area contributed by atoms with Gasteiger partial charge < -0.3 is 20.1 Å². The maximum Gasteiger partial charge on any atom is 0.472 e. The molecule has 0 aromatic rings. The fourth-order valence-electron chi connectivity index (χ4n) is 4.78. The average molecular weight is 674 g/mol.